The van der Waals surface area contributed by atoms with Crippen LogP contribution >= 0.6 is 0 Å². The van der Waals surface area contributed by atoms with Crippen LogP contribution in [0.3, 0.4) is 0 Å². The highest BCUT2D eigenvalue weighted by molar-refractivity contribution is 6.09. The third kappa shape index (κ3) is 4.60. The normalized spacial score (nSPS) is 27.4. The van der Waals surface area contributed by atoms with Crippen molar-refractivity contribution in [2.75, 3.05) is 39.2 Å². The van der Waals surface area contributed by atoms with Crippen LogP contribution in [-0.4, -0.2) is 69.7 Å². The van der Waals surface area contributed by atoms with Crippen LogP contribution in [0.5, 0.6) is 5.75 Å². The molecule has 3 atom stereocenters. The molecule has 0 bridgehead atoms. The van der Waals surface area contributed by atoms with Gasteiger partial charge in [0.2, 0.25) is 0 Å². The van der Waals surface area contributed by atoms with Crippen LogP contribution in [0.15, 0.2) is 18.3 Å². The Hall–Kier alpha value is -2.05. The number of fused-ring (bicyclic) bond motifs is 1. The van der Waals surface area contributed by atoms with E-state index in [4.69, 9.17) is 14.9 Å². The lowest BCUT2D eigenvalue weighted by Crippen LogP contribution is -2.51. The molecule has 4 rings (SSSR count). The number of likely N-dealkylation sites (tertiary alicyclic amines) is 1. The summed E-state index contributed by atoms with van der Waals surface area (Å²) in [4.78, 5) is 4.67. The number of nitrogens with zero attached hydrogens (tertiary/aromatic N) is 2. The summed E-state index contributed by atoms with van der Waals surface area (Å²) in [7, 11) is 6.09. The molecule has 2 aliphatic heterocycles. The van der Waals surface area contributed by atoms with Gasteiger partial charge in [0.25, 0.3) is 0 Å². The fourth-order valence-corrected chi connectivity index (χ4v) is 4.89. The highest BCUT2D eigenvalue weighted by Crippen LogP contribution is 2.42. The molecule has 1 aromatic rings. The number of piperidine rings is 1. The van der Waals surface area contributed by atoms with E-state index < -0.39 is 0 Å². The van der Waals surface area contributed by atoms with E-state index in [0.717, 1.165) is 62.1 Å². The fourth-order valence-electron chi connectivity index (χ4n) is 4.89. The maximum Gasteiger partial charge on any atom is 0.132 e. The topological polar surface area (TPSA) is 60.8 Å². The highest BCUT2D eigenvalue weighted by Gasteiger charge is 2.30. The monoisotopic (exact) mass is 426 g/mol. The Kier molecular flexibility index (Phi) is 6.87. The fraction of sp³-hybridized carbons (Fsp3) is 0.640. The first-order valence-electron chi connectivity index (χ1n) is 11.8. The van der Waals surface area contributed by atoms with Crippen LogP contribution in [-0.2, 0) is 11.2 Å². The number of allylic oxidation sites excluding steroid dienone is 1. The zero-order valence-corrected chi connectivity index (χ0v) is 19.5. The first-order valence-corrected chi connectivity index (χ1v) is 11.8. The van der Waals surface area contributed by atoms with Crippen molar-refractivity contribution in [2.45, 2.75) is 69.7 Å². The van der Waals surface area contributed by atoms with E-state index in [2.05, 4.69) is 48.3 Å². The molecular weight excluding hydrogens is 388 g/mol. The summed E-state index contributed by atoms with van der Waals surface area (Å²) >= 11 is 0. The molecule has 31 heavy (non-hydrogen) atoms. The van der Waals surface area contributed by atoms with Gasteiger partial charge < -0.3 is 30.0 Å². The van der Waals surface area contributed by atoms with Gasteiger partial charge in [0.1, 0.15) is 5.75 Å². The molecule has 3 unspecified atom stereocenters. The predicted octanol–water partition coefficient (Wildman–Crippen LogP) is 3.69. The van der Waals surface area contributed by atoms with Gasteiger partial charge >= 0.3 is 0 Å². The molecule has 0 aromatic heterocycles. The summed E-state index contributed by atoms with van der Waals surface area (Å²) in [5.74, 6) is 0.990. The van der Waals surface area contributed by atoms with Crippen LogP contribution in [0, 0.1) is 5.41 Å². The average Bonchev–Trinajstić information content (AvgIpc) is 2.74. The molecule has 6 nitrogen and oxygen atoms in total. The smallest absolute Gasteiger partial charge is 0.132 e. The van der Waals surface area contributed by atoms with Crippen LogP contribution in [0.1, 0.15) is 50.2 Å². The van der Waals surface area contributed by atoms with Gasteiger partial charge in [-0.15, -0.1) is 0 Å². The van der Waals surface area contributed by atoms with Crippen molar-refractivity contribution in [1.82, 2.24) is 10.2 Å². The first kappa shape index (κ1) is 22.2. The zero-order valence-electron chi connectivity index (χ0n) is 19.5. The van der Waals surface area contributed by atoms with Crippen LogP contribution in [0.25, 0.3) is 5.57 Å². The minimum atomic E-state index is 0.145. The van der Waals surface area contributed by atoms with Gasteiger partial charge in [-0.25, -0.2) is 0 Å². The number of methoxy groups -OCH3 is 1. The molecule has 6 heteroatoms. The average molecular weight is 427 g/mol. The molecule has 0 radical (unpaired) electrons. The van der Waals surface area contributed by atoms with Crippen molar-refractivity contribution in [2.24, 2.45) is 0 Å². The van der Waals surface area contributed by atoms with Crippen molar-refractivity contribution >= 4 is 17.5 Å². The minimum absolute atomic E-state index is 0.145. The molecule has 2 heterocycles. The lowest BCUT2D eigenvalue weighted by Gasteiger charge is -2.37. The van der Waals surface area contributed by atoms with Gasteiger partial charge in [0, 0.05) is 61.5 Å². The molecule has 0 amide bonds. The summed E-state index contributed by atoms with van der Waals surface area (Å²) in [5.41, 5.74) is 4.46. The third-order valence-corrected chi connectivity index (χ3v) is 7.41. The number of hydrogen-bond acceptors (Lipinski definition) is 6. The van der Waals surface area contributed by atoms with E-state index in [1.165, 1.54) is 23.9 Å². The Balaban J connectivity index is 1.64. The standard InChI is InChI=1S/C25H38N4O2/c1-17-8-9-21-23(29(17)3)11-10-20(25(21)31-19-6-5-7-19)18(14-26)15-27-22-12-13-28(2)16-24(22)30-4/h10-11,14-15,17,19,22,24,26-27H,5-9,12-13,16H2,1-4H3/b18-15+,26-14?. The Morgan fingerprint density at radius 3 is 2.68 bits per heavy atom. The van der Waals surface area contributed by atoms with E-state index >= 15 is 0 Å². The summed E-state index contributed by atoms with van der Waals surface area (Å²) in [5, 5.41) is 11.7. The number of hydrogen-bond donors (Lipinski definition) is 2. The second-order valence-electron chi connectivity index (χ2n) is 9.45. The van der Waals surface area contributed by atoms with Crippen molar-refractivity contribution in [3.8, 4) is 5.75 Å². The van der Waals surface area contributed by atoms with Gasteiger partial charge in [-0.1, -0.05) is 0 Å². The molecule has 170 valence electrons. The predicted molar refractivity (Wildman–Crippen MR) is 127 cm³/mol. The number of rotatable bonds is 7. The van der Waals surface area contributed by atoms with E-state index in [0.29, 0.717) is 12.1 Å². The van der Waals surface area contributed by atoms with Gasteiger partial charge in [-0.3, -0.25) is 0 Å². The van der Waals surface area contributed by atoms with E-state index in [1.807, 2.05) is 6.20 Å². The zero-order chi connectivity index (χ0) is 22.0. The number of nitrogens with one attached hydrogen (secondary N) is 2. The second-order valence-corrected chi connectivity index (χ2v) is 9.45. The Labute approximate surface area is 187 Å². The van der Waals surface area contributed by atoms with Crippen LogP contribution < -0.4 is 15.0 Å². The molecule has 3 aliphatic rings. The molecule has 1 aromatic carbocycles. The molecule has 0 spiro atoms. The lowest BCUT2D eigenvalue weighted by atomic mass is 9.91. The van der Waals surface area contributed by atoms with Crippen molar-refractivity contribution < 1.29 is 9.47 Å². The molecule has 2 N–H and O–H groups in total. The van der Waals surface area contributed by atoms with Crippen LogP contribution in [0.4, 0.5) is 5.69 Å². The maximum atomic E-state index is 8.15. The number of anilines is 1. The minimum Gasteiger partial charge on any atom is -0.489 e. The van der Waals surface area contributed by atoms with E-state index in [1.54, 1.807) is 7.11 Å². The van der Waals surface area contributed by atoms with E-state index in [9.17, 15) is 0 Å². The van der Waals surface area contributed by atoms with Crippen molar-refractivity contribution in [3.63, 3.8) is 0 Å². The number of ether oxygens (including phenoxy) is 2. The van der Waals surface area contributed by atoms with Crippen LogP contribution in [0.2, 0.25) is 0 Å². The van der Waals surface area contributed by atoms with Crippen molar-refractivity contribution in [3.05, 3.63) is 29.5 Å². The number of benzene rings is 1. The van der Waals surface area contributed by atoms with Crippen molar-refractivity contribution in [1.29, 1.82) is 5.41 Å². The van der Waals surface area contributed by atoms with Gasteiger partial charge in [-0.05, 0) is 71.2 Å². The molecule has 2 fully saturated rings. The van der Waals surface area contributed by atoms with Gasteiger partial charge in [0.15, 0.2) is 0 Å². The molecule has 1 aliphatic carbocycles. The number of likely N-dealkylation sites (N-methyl/N-ethyl adjacent to an activating group) is 1. The molecule has 1 saturated heterocycles. The summed E-state index contributed by atoms with van der Waals surface area (Å²) in [6.45, 7) is 4.25. The Bertz CT molecular complexity index is 820. The molecular formula is C25H38N4O2. The maximum absolute atomic E-state index is 8.15. The molecule has 1 saturated carbocycles. The summed E-state index contributed by atoms with van der Waals surface area (Å²) < 4.78 is 12.3. The van der Waals surface area contributed by atoms with Gasteiger partial charge in [-0.2, -0.15) is 0 Å². The summed E-state index contributed by atoms with van der Waals surface area (Å²) in [6.07, 6.45) is 10.6. The second kappa shape index (κ2) is 9.61. The Morgan fingerprint density at radius 1 is 1.19 bits per heavy atom. The van der Waals surface area contributed by atoms with E-state index in [-0.39, 0.29) is 12.1 Å². The SMILES string of the molecule is COC1CN(C)CCC1N/C=C(\C=N)c1ccc2c(c1OC1CCC1)CCC(C)N2C. The lowest BCUT2D eigenvalue weighted by molar-refractivity contribution is 0.0182. The summed E-state index contributed by atoms with van der Waals surface area (Å²) in [6, 6.07) is 5.13. The third-order valence-electron chi connectivity index (χ3n) is 7.41. The Morgan fingerprint density at radius 2 is 2.00 bits per heavy atom. The quantitative estimate of drug-likeness (QED) is 0.651. The highest BCUT2D eigenvalue weighted by atomic mass is 16.5. The van der Waals surface area contributed by atoms with Gasteiger partial charge in [0.05, 0.1) is 18.2 Å². The largest absolute Gasteiger partial charge is 0.489 e. The first-order chi connectivity index (χ1) is 15.0.